The molecule has 0 amide bonds. The highest BCUT2D eigenvalue weighted by atomic mass is 32.1. The molecule has 0 saturated carbocycles. The summed E-state index contributed by atoms with van der Waals surface area (Å²) in [7, 11) is 0. The van der Waals surface area contributed by atoms with Crippen LogP contribution in [-0.4, -0.2) is 78.4 Å². The van der Waals surface area contributed by atoms with Crippen LogP contribution in [0.2, 0.25) is 1.43 Å². The lowest BCUT2D eigenvalue weighted by atomic mass is 9.89. The summed E-state index contributed by atoms with van der Waals surface area (Å²) in [6, 6.07) is 8.78. The molecular weight excluding hydrogens is 406 g/mol. The first-order chi connectivity index (χ1) is 14.8. The fourth-order valence-corrected chi connectivity index (χ4v) is 3.21. The first kappa shape index (κ1) is 23.2. The van der Waals surface area contributed by atoms with Crippen molar-refractivity contribution >= 4 is 23.7 Å². The van der Waals surface area contributed by atoms with Gasteiger partial charge >= 0.3 is 5.97 Å². The summed E-state index contributed by atoms with van der Waals surface area (Å²) in [6.07, 6.45) is 1.06. The smallest absolute Gasteiger partial charge is 0.311 e. The monoisotopic (exact) mass is 441 g/mol. The Hall–Kier alpha value is -1.49. The zero-order valence-corrected chi connectivity index (χ0v) is 18.6. The number of hydrazine groups is 1. The van der Waals surface area contributed by atoms with Crippen molar-refractivity contribution in [2.75, 3.05) is 46.0 Å². The van der Waals surface area contributed by atoms with Crippen LogP contribution in [0.5, 0.6) is 0 Å². The number of ether oxygens (including phenoxy) is 2. The molecular formula is C21H33N3O5S. The van der Waals surface area contributed by atoms with Gasteiger partial charge in [0.2, 0.25) is 6.55 Å². The predicted octanol–water partition coefficient (Wildman–Crippen LogP) is 1.54. The van der Waals surface area contributed by atoms with Crippen molar-refractivity contribution in [1.29, 1.82) is 0 Å². The van der Waals surface area contributed by atoms with Gasteiger partial charge in [-0.05, 0) is 38.8 Å². The Balaban J connectivity index is 1.76. The fourth-order valence-electron chi connectivity index (χ4n) is 3.06. The van der Waals surface area contributed by atoms with Crippen LogP contribution in [0, 0.1) is 5.41 Å². The second kappa shape index (κ2) is 12.4. The number of morpholine rings is 1. The van der Waals surface area contributed by atoms with Gasteiger partial charge in [-0.2, -0.15) is 0 Å². The summed E-state index contributed by atoms with van der Waals surface area (Å²) in [5.74, 6) is -0.309. The molecule has 0 aromatic heterocycles. The first-order valence-electron chi connectivity index (χ1n) is 10.6. The molecule has 1 fully saturated rings. The number of thiol groups is 1. The second-order valence-electron chi connectivity index (χ2n) is 8.04. The average Bonchev–Trinajstić information content (AvgIpc) is 2.77. The maximum atomic E-state index is 12.5. The fraction of sp³-hybridized carbons (Fsp3) is 0.619. The number of benzene rings is 1. The van der Waals surface area contributed by atoms with E-state index in [1.807, 2.05) is 44.2 Å². The number of nitrogens with one attached hydrogen (secondary N) is 1. The SMILES string of the molecule is [3H]ON(CCOC(=O)C(C)(C)CCN1CCOCC1)NC(Cc1ccccc1)C(=O)S. The second-order valence-corrected chi connectivity index (χ2v) is 8.48. The molecule has 1 aromatic rings. The largest absolute Gasteiger partial charge is 0.464 e. The Morgan fingerprint density at radius 2 is 2.07 bits per heavy atom. The number of carbonyl (C=O) groups is 2. The highest BCUT2D eigenvalue weighted by molar-refractivity contribution is 7.96. The van der Waals surface area contributed by atoms with E-state index in [-0.39, 0.29) is 24.2 Å². The standard InChI is InChI=1S/C21H33N3O5S/c1-21(2,8-9-23-10-13-28-14-11-23)20(26)29-15-12-24(27)22-18(19(25)30)16-17-6-4-3-5-7-17/h3-7,18,22,27H,8-16H2,1-2H3,(H,25,30)/i27T. The van der Waals surface area contributed by atoms with E-state index in [1.165, 1.54) is 0 Å². The summed E-state index contributed by atoms with van der Waals surface area (Å²) in [5, 5.41) is 5.22. The Morgan fingerprint density at radius 1 is 1.37 bits per heavy atom. The maximum Gasteiger partial charge on any atom is 0.311 e. The minimum atomic E-state index is -0.684. The van der Waals surface area contributed by atoms with Crippen molar-refractivity contribution in [3.05, 3.63) is 35.9 Å². The van der Waals surface area contributed by atoms with E-state index in [0.29, 0.717) is 12.8 Å². The maximum absolute atomic E-state index is 12.5. The third-order valence-electron chi connectivity index (χ3n) is 5.12. The molecule has 8 nitrogen and oxygen atoms in total. The van der Waals surface area contributed by atoms with Crippen LogP contribution in [0.4, 0.5) is 0 Å². The van der Waals surface area contributed by atoms with E-state index >= 15 is 0 Å². The number of esters is 1. The molecule has 0 aliphatic carbocycles. The van der Waals surface area contributed by atoms with E-state index in [9.17, 15) is 9.59 Å². The lowest BCUT2D eigenvalue weighted by Crippen LogP contribution is -2.48. The van der Waals surface area contributed by atoms with E-state index < -0.39 is 11.5 Å². The van der Waals surface area contributed by atoms with Gasteiger partial charge in [0.15, 0.2) is 0 Å². The van der Waals surface area contributed by atoms with Crippen molar-refractivity contribution in [2.45, 2.75) is 32.7 Å². The molecule has 1 aliphatic heterocycles. The van der Waals surface area contributed by atoms with Crippen molar-refractivity contribution in [3.63, 3.8) is 0 Å². The summed E-state index contributed by atoms with van der Waals surface area (Å²) in [6.45, 7) is 7.83. The van der Waals surface area contributed by atoms with Crippen LogP contribution in [0.15, 0.2) is 30.3 Å². The van der Waals surface area contributed by atoms with Crippen molar-refractivity contribution < 1.29 is 25.7 Å². The molecule has 1 aliphatic rings. The van der Waals surface area contributed by atoms with Crippen LogP contribution in [0.25, 0.3) is 0 Å². The van der Waals surface area contributed by atoms with Crippen LogP contribution in [-0.2, 0) is 25.5 Å². The van der Waals surface area contributed by atoms with Crippen LogP contribution < -0.4 is 5.43 Å². The Labute approximate surface area is 185 Å². The average molecular weight is 442 g/mol. The molecule has 2 N–H and O–H groups in total. The van der Waals surface area contributed by atoms with Crippen molar-refractivity contribution in [1.82, 2.24) is 15.5 Å². The Kier molecular flexibility index (Phi) is 9.57. The third-order valence-corrected chi connectivity index (χ3v) is 5.43. The molecule has 0 spiro atoms. The number of hydrogen-bond donors (Lipinski definition) is 3. The molecule has 1 heterocycles. The van der Waals surface area contributed by atoms with Gasteiger partial charge in [0, 0.05) is 13.1 Å². The van der Waals surface area contributed by atoms with E-state index in [0.717, 1.165) is 43.6 Å². The Bertz CT molecular complexity index is 689. The van der Waals surface area contributed by atoms with Crippen LogP contribution >= 0.6 is 12.6 Å². The van der Waals surface area contributed by atoms with Crippen LogP contribution in [0.3, 0.4) is 0 Å². The van der Waals surface area contributed by atoms with Gasteiger partial charge in [0.25, 0.3) is 0 Å². The minimum absolute atomic E-state index is 0.0184. The normalized spacial score (nSPS) is 16.9. The number of nitrogens with zero attached hydrogens (tertiary/aromatic N) is 2. The topological polar surface area (TPSA) is 91.3 Å². The zero-order chi connectivity index (χ0) is 22.7. The predicted molar refractivity (Wildman–Crippen MR) is 116 cm³/mol. The molecule has 0 bridgehead atoms. The van der Waals surface area contributed by atoms with Gasteiger partial charge in [-0.25, -0.2) is 5.43 Å². The number of carbonyl (C=O) groups excluding carboxylic acids is 2. The first-order valence-corrected chi connectivity index (χ1v) is 10.7. The van der Waals surface area contributed by atoms with Gasteiger partial charge in [-0.1, -0.05) is 30.3 Å². The summed E-state index contributed by atoms with van der Waals surface area (Å²) < 4.78 is 18.0. The highest BCUT2D eigenvalue weighted by Gasteiger charge is 2.30. The van der Waals surface area contributed by atoms with E-state index in [4.69, 9.17) is 10.9 Å². The van der Waals surface area contributed by atoms with Crippen molar-refractivity contribution in [2.24, 2.45) is 5.41 Å². The summed E-state index contributed by atoms with van der Waals surface area (Å²) in [4.78, 5) is 26.7. The van der Waals surface area contributed by atoms with Gasteiger partial charge < -0.3 is 9.47 Å². The molecule has 0 radical (unpaired) electrons. The van der Waals surface area contributed by atoms with E-state index in [1.54, 1.807) is 0 Å². The van der Waals surface area contributed by atoms with Gasteiger partial charge in [-0.3, -0.25) is 19.7 Å². The summed E-state index contributed by atoms with van der Waals surface area (Å²) in [5.41, 5.74) is 3.14. The number of hydroxylamine groups is 1. The summed E-state index contributed by atoms with van der Waals surface area (Å²) >= 11 is 3.92. The lowest BCUT2D eigenvalue weighted by molar-refractivity contribution is -0.171. The third kappa shape index (κ3) is 8.71. The highest BCUT2D eigenvalue weighted by Crippen LogP contribution is 2.23. The quantitative estimate of drug-likeness (QED) is 0.241. The number of hydrogen-bond acceptors (Lipinski definition) is 8. The molecule has 9 heteroatoms. The van der Waals surface area contributed by atoms with Gasteiger partial charge in [0.05, 0.1) is 31.2 Å². The van der Waals surface area contributed by atoms with Crippen molar-refractivity contribution in [3.8, 4) is 0 Å². The van der Waals surface area contributed by atoms with Crippen LogP contribution in [0.1, 0.15) is 25.8 Å². The van der Waals surface area contributed by atoms with E-state index in [2.05, 4.69) is 28.2 Å². The zero-order valence-electron chi connectivity index (χ0n) is 18.7. The van der Waals surface area contributed by atoms with Gasteiger partial charge in [-0.15, -0.1) is 17.8 Å². The minimum Gasteiger partial charge on any atom is -0.464 e. The Morgan fingerprint density at radius 3 is 2.70 bits per heavy atom. The molecule has 1 aromatic carbocycles. The number of rotatable bonds is 13. The molecule has 1 unspecified atom stereocenters. The molecule has 2 rings (SSSR count). The molecule has 168 valence electrons. The lowest BCUT2D eigenvalue weighted by Gasteiger charge is -2.30. The molecule has 1 atom stereocenters. The van der Waals surface area contributed by atoms with Gasteiger partial charge in [0.1, 0.15) is 6.61 Å². The molecule has 30 heavy (non-hydrogen) atoms. The molecule has 1 saturated heterocycles.